The lowest BCUT2D eigenvalue weighted by Crippen LogP contribution is -2.39. The van der Waals surface area contributed by atoms with Gasteiger partial charge >= 0.3 is 5.97 Å². The summed E-state index contributed by atoms with van der Waals surface area (Å²) in [6, 6.07) is 0. The van der Waals surface area contributed by atoms with Crippen molar-refractivity contribution in [3.05, 3.63) is 0 Å². The second kappa shape index (κ2) is 4.41. The van der Waals surface area contributed by atoms with E-state index in [9.17, 15) is 4.79 Å². The van der Waals surface area contributed by atoms with Crippen molar-refractivity contribution >= 4 is 12.2 Å². The van der Waals surface area contributed by atoms with Crippen molar-refractivity contribution < 1.29 is 19.1 Å². The standard InChI is InChI=1S/C9H15NO4/c1-4-13-7-5-9(2,6-10-14-7)8(11)12-3/h6-7H,4-5H2,1-3H3/t7-,9+/m0/s1. The quantitative estimate of drug-likeness (QED) is 0.637. The molecule has 0 aromatic rings. The summed E-state index contributed by atoms with van der Waals surface area (Å²) in [6.45, 7) is 4.13. The fourth-order valence-corrected chi connectivity index (χ4v) is 1.30. The van der Waals surface area contributed by atoms with Crippen LogP contribution in [0.15, 0.2) is 5.16 Å². The lowest BCUT2D eigenvalue weighted by Gasteiger charge is -2.29. The Kier molecular flexibility index (Phi) is 3.46. The Morgan fingerprint density at radius 1 is 1.79 bits per heavy atom. The van der Waals surface area contributed by atoms with Gasteiger partial charge in [-0.05, 0) is 13.8 Å². The zero-order valence-corrected chi connectivity index (χ0v) is 8.65. The van der Waals surface area contributed by atoms with E-state index in [2.05, 4.69) is 9.89 Å². The van der Waals surface area contributed by atoms with Crippen molar-refractivity contribution in [3.8, 4) is 0 Å². The first-order valence-corrected chi connectivity index (χ1v) is 4.52. The Morgan fingerprint density at radius 2 is 2.50 bits per heavy atom. The molecule has 80 valence electrons. The fourth-order valence-electron chi connectivity index (χ4n) is 1.30. The van der Waals surface area contributed by atoms with Crippen LogP contribution in [0.25, 0.3) is 0 Å². The summed E-state index contributed by atoms with van der Waals surface area (Å²) in [5, 5.41) is 3.65. The van der Waals surface area contributed by atoms with Gasteiger partial charge in [-0.1, -0.05) is 5.16 Å². The molecule has 0 aromatic heterocycles. The second-order valence-electron chi connectivity index (χ2n) is 3.34. The molecule has 14 heavy (non-hydrogen) atoms. The van der Waals surface area contributed by atoms with Crippen molar-refractivity contribution in [2.75, 3.05) is 13.7 Å². The third kappa shape index (κ3) is 2.23. The van der Waals surface area contributed by atoms with Gasteiger partial charge in [0.1, 0.15) is 5.41 Å². The average molecular weight is 201 g/mol. The summed E-state index contributed by atoms with van der Waals surface area (Å²) in [6.07, 6.45) is 1.42. The minimum Gasteiger partial charge on any atom is -0.468 e. The number of oxime groups is 1. The van der Waals surface area contributed by atoms with Crippen molar-refractivity contribution in [2.24, 2.45) is 10.6 Å². The molecule has 5 nitrogen and oxygen atoms in total. The molecule has 1 rings (SSSR count). The molecular weight excluding hydrogens is 186 g/mol. The van der Waals surface area contributed by atoms with Crippen molar-refractivity contribution in [2.45, 2.75) is 26.6 Å². The molecule has 0 fully saturated rings. The number of hydrogen-bond donors (Lipinski definition) is 0. The Labute approximate surface area is 83.0 Å². The van der Waals surface area contributed by atoms with Gasteiger partial charge < -0.3 is 14.3 Å². The van der Waals surface area contributed by atoms with Gasteiger partial charge in [-0.3, -0.25) is 4.79 Å². The number of rotatable bonds is 3. The molecule has 1 aliphatic rings. The van der Waals surface area contributed by atoms with Crippen molar-refractivity contribution in [3.63, 3.8) is 0 Å². The van der Waals surface area contributed by atoms with Crippen molar-refractivity contribution in [1.29, 1.82) is 0 Å². The minimum absolute atomic E-state index is 0.325. The van der Waals surface area contributed by atoms with Gasteiger partial charge in [0.05, 0.1) is 13.3 Å². The summed E-state index contributed by atoms with van der Waals surface area (Å²) in [5.41, 5.74) is -0.743. The molecular formula is C9H15NO4. The molecule has 0 unspecified atom stereocenters. The van der Waals surface area contributed by atoms with Gasteiger partial charge in [0, 0.05) is 13.0 Å². The van der Waals surface area contributed by atoms with E-state index in [0.717, 1.165) is 0 Å². The monoisotopic (exact) mass is 201 g/mol. The van der Waals surface area contributed by atoms with E-state index in [0.29, 0.717) is 13.0 Å². The Hall–Kier alpha value is -1.10. The number of hydrogen-bond acceptors (Lipinski definition) is 5. The number of esters is 1. The number of nitrogens with zero attached hydrogens (tertiary/aromatic N) is 1. The van der Waals surface area contributed by atoms with E-state index >= 15 is 0 Å². The van der Waals surface area contributed by atoms with Crippen LogP contribution in [-0.4, -0.2) is 32.2 Å². The summed E-state index contributed by atoms with van der Waals surface area (Å²) in [5.74, 6) is -0.325. The van der Waals surface area contributed by atoms with Crippen LogP contribution in [0.3, 0.4) is 0 Å². The Morgan fingerprint density at radius 3 is 3.07 bits per heavy atom. The summed E-state index contributed by atoms with van der Waals surface area (Å²) < 4.78 is 9.91. The molecule has 0 N–H and O–H groups in total. The minimum atomic E-state index is -0.743. The maximum Gasteiger partial charge on any atom is 0.317 e. The normalized spacial score (nSPS) is 30.9. The van der Waals surface area contributed by atoms with Crippen LogP contribution in [0.4, 0.5) is 0 Å². The molecule has 0 aliphatic carbocycles. The second-order valence-corrected chi connectivity index (χ2v) is 3.34. The van der Waals surface area contributed by atoms with Crippen LogP contribution in [0.5, 0.6) is 0 Å². The molecule has 1 heterocycles. The molecule has 2 atom stereocenters. The highest BCUT2D eigenvalue weighted by Gasteiger charge is 2.39. The number of carbonyl (C=O) groups is 1. The number of methoxy groups -OCH3 is 1. The summed E-state index contributed by atoms with van der Waals surface area (Å²) in [4.78, 5) is 16.4. The van der Waals surface area contributed by atoms with Crippen LogP contribution in [0.2, 0.25) is 0 Å². The van der Waals surface area contributed by atoms with E-state index in [4.69, 9.17) is 9.57 Å². The first kappa shape index (κ1) is 11.0. The molecule has 0 saturated heterocycles. The average Bonchev–Trinajstić information content (AvgIpc) is 2.17. The topological polar surface area (TPSA) is 57.1 Å². The largest absolute Gasteiger partial charge is 0.468 e. The van der Waals surface area contributed by atoms with Gasteiger partial charge in [0.25, 0.3) is 0 Å². The van der Waals surface area contributed by atoms with Crippen LogP contribution in [0.1, 0.15) is 20.3 Å². The van der Waals surface area contributed by atoms with E-state index in [1.54, 1.807) is 6.92 Å². The lowest BCUT2D eigenvalue weighted by molar-refractivity contribution is -0.175. The third-order valence-electron chi connectivity index (χ3n) is 2.11. The smallest absolute Gasteiger partial charge is 0.317 e. The van der Waals surface area contributed by atoms with Crippen LogP contribution >= 0.6 is 0 Å². The molecule has 0 saturated carbocycles. The molecule has 0 spiro atoms. The lowest BCUT2D eigenvalue weighted by atomic mass is 9.87. The molecule has 5 heteroatoms. The predicted octanol–water partition coefficient (Wildman–Crippen LogP) is 0.934. The molecule has 0 radical (unpaired) electrons. The predicted molar refractivity (Wildman–Crippen MR) is 49.7 cm³/mol. The first-order chi connectivity index (χ1) is 6.62. The Bertz CT molecular complexity index is 241. The van der Waals surface area contributed by atoms with Gasteiger partial charge in [-0.15, -0.1) is 0 Å². The van der Waals surface area contributed by atoms with Crippen LogP contribution < -0.4 is 0 Å². The zero-order chi connectivity index (χ0) is 10.6. The van der Waals surface area contributed by atoms with Crippen LogP contribution in [-0.2, 0) is 19.1 Å². The Balaban J connectivity index is 2.67. The fraction of sp³-hybridized carbons (Fsp3) is 0.778. The SMILES string of the molecule is CCO[C@@H]1C[C@@](C)(C(=O)OC)C=NO1. The van der Waals surface area contributed by atoms with E-state index in [-0.39, 0.29) is 5.97 Å². The molecule has 0 amide bonds. The van der Waals surface area contributed by atoms with Gasteiger partial charge in [0.15, 0.2) is 0 Å². The van der Waals surface area contributed by atoms with E-state index < -0.39 is 11.7 Å². The maximum absolute atomic E-state index is 11.4. The van der Waals surface area contributed by atoms with E-state index in [1.165, 1.54) is 13.3 Å². The van der Waals surface area contributed by atoms with Gasteiger partial charge in [0.2, 0.25) is 6.29 Å². The summed E-state index contributed by atoms with van der Waals surface area (Å²) in [7, 11) is 1.35. The summed E-state index contributed by atoms with van der Waals surface area (Å²) >= 11 is 0. The first-order valence-electron chi connectivity index (χ1n) is 4.52. The number of ether oxygens (including phenoxy) is 2. The maximum atomic E-state index is 11.4. The zero-order valence-electron chi connectivity index (χ0n) is 8.65. The highest BCUT2D eigenvalue weighted by Crippen LogP contribution is 2.28. The van der Waals surface area contributed by atoms with E-state index in [1.807, 2.05) is 6.92 Å². The highest BCUT2D eigenvalue weighted by molar-refractivity contribution is 5.94. The molecule has 0 bridgehead atoms. The van der Waals surface area contributed by atoms with Gasteiger partial charge in [-0.25, -0.2) is 0 Å². The number of carbonyl (C=O) groups excluding carboxylic acids is 1. The van der Waals surface area contributed by atoms with Crippen molar-refractivity contribution in [1.82, 2.24) is 0 Å². The van der Waals surface area contributed by atoms with Crippen LogP contribution in [0, 0.1) is 5.41 Å². The molecule has 1 aliphatic heterocycles. The highest BCUT2D eigenvalue weighted by atomic mass is 16.8. The third-order valence-corrected chi connectivity index (χ3v) is 2.11. The molecule has 0 aromatic carbocycles. The van der Waals surface area contributed by atoms with Gasteiger partial charge in [-0.2, -0.15) is 0 Å².